The Hall–Kier alpha value is -1.89. The normalized spacial score (nSPS) is 18.9. The Morgan fingerprint density at radius 2 is 2.35 bits per heavy atom. The molecule has 0 aliphatic carbocycles. The summed E-state index contributed by atoms with van der Waals surface area (Å²) in [5.74, 6) is -0.250. The van der Waals surface area contributed by atoms with Gasteiger partial charge in [0.2, 0.25) is 5.91 Å². The van der Waals surface area contributed by atoms with Crippen LogP contribution in [0.3, 0.4) is 0 Å². The number of esters is 1. The third kappa shape index (κ3) is 4.06. The fourth-order valence-electron chi connectivity index (χ4n) is 2.14. The molecule has 2 heterocycles. The van der Waals surface area contributed by atoms with E-state index in [1.54, 1.807) is 17.4 Å². The first kappa shape index (κ1) is 14.5. The predicted molar refractivity (Wildman–Crippen MR) is 69.8 cm³/mol. The van der Waals surface area contributed by atoms with E-state index in [1.165, 1.54) is 7.11 Å². The van der Waals surface area contributed by atoms with Crippen molar-refractivity contribution >= 4 is 11.9 Å². The second kappa shape index (κ2) is 7.04. The summed E-state index contributed by atoms with van der Waals surface area (Å²) < 4.78 is 11.9. The highest BCUT2D eigenvalue weighted by Crippen LogP contribution is 2.11. The van der Waals surface area contributed by atoms with Crippen molar-refractivity contribution in [1.29, 1.82) is 0 Å². The summed E-state index contributed by atoms with van der Waals surface area (Å²) in [5, 5.41) is 0. The van der Waals surface area contributed by atoms with E-state index in [9.17, 15) is 9.59 Å². The molecule has 20 heavy (non-hydrogen) atoms. The van der Waals surface area contributed by atoms with Crippen molar-refractivity contribution in [2.45, 2.75) is 25.5 Å². The van der Waals surface area contributed by atoms with Crippen LogP contribution in [-0.2, 0) is 25.6 Å². The van der Waals surface area contributed by atoms with E-state index >= 15 is 0 Å². The number of hydrogen-bond donors (Lipinski definition) is 0. The molecule has 1 unspecified atom stereocenters. The van der Waals surface area contributed by atoms with E-state index in [1.807, 2.05) is 10.8 Å². The molecule has 1 saturated heterocycles. The van der Waals surface area contributed by atoms with Crippen molar-refractivity contribution in [3.05, 3.63) is 18.7 Å². The van der Waals surface area contributed by atoms with Gasteiger partial charge in [-0.05, 0) is 0 Å². The van der Waals surface area contributed by atoms with E-state index in [0.29, 0.717) is 32.7 Å². The lowest BCUT2D eigenvalue weighted by atomic mass is 10.2. The monoisotopic (exact) mass is 281 g/mol. The lowest BCUT2D eigenvalue weighted by Gasteiger charge is -2.32. The SMILES string of the molecule is COC(=O)CC1CN(C(=O)CCn2ccnc2)CCO1. The Balaban J connectivity index is 1.79. The lowest BCUT2D eigenvalue weighted by Crippen LogP contribution is -2.46. The molecule has 1 fully saturated rings. The summed E-state index contributed by atoms with van der Waals surface area (Å²) in [6, 6.07) is 0. The van der Waals surface area contributed by atoms with Gasteiger partial charge in [0.25, 0.3) is 0 Å². The number of aryl methyl sites for hydroxylation is 1. The number of morpholine rings is 1. The molecule has 0 radical (unpaired) electrons. The third-order valence-corrected chi connectivity index (χ3v) is 3.26. The Kier molecular flexibility index (Phi) is 5.11. The van der Waals surface area contributed by atoms with Crippen LogP contribution in [0.15, 0.2) is 18.7 Å². The smallest absolute Gasteiger partial charge is 0.308 e. The van der Waals surface area contributed by atoms with Crippen LogP contribution in [-0.4, -0.2) is 59.2 Å². The zero-order chi connectivity index (χ0) is 14.4. The molecule has 1 aliphatic heterocycles. The second-order valence-electron chi connectivity index (χ2n) is 4.66. The molecule has 2 rings (SSSR count). The van der Waals surface area contributed by atoms with Crippen LogP contribution in [0.1, 0.15) is 12.8 Å². The number of nitrogens with zero attached hydrogens (tertiary/aromatic N) is 3. The zero-order valence-electron chi connectivity index (χ0n) is 11.5. The van der Waals surface area contributed by atoms with Gasteiger partial charge in [0.15, 0.2) is 0 Å². The maximum atomic E-state index is 12.1. The van der Waals surface area contributed by atoms with E-state index < -0.39 is 0 Å². The molecule has 1 aromatic rings. The average molecular weight is 281 g/mol. The maximum absolute atomic E-state index is 12.1. The van der Waals surface area contributed by atoms with Crippen LogP contribution in [0, 0.1) is 0 Å². The minimum absolute atomic E-state index is 0.0665. The van der Waals surface area contributed by atoms with Crippen LogP contribution in [0.5, 0.6) is 0 Å². The van der Waals surface area contributed by atoms with E-state index in [-0.39, 0.29) is 24.4 Å². The summed E-state index contributed by atoms with van der Waals surface area (Å²) in [7, 11) is 1.35. The molecule has 110 valence electrons. The summed E-state index contributed by atoms with van der Waals surface area (Å²) >= 11 is 0. The Labute approximate surface area is 117 Å². The van der Waals surface area contributed by atoms with Gasteiger partial charge in [0.1, 0.15) is 0 Å². The van der Waals surface area contributed by atoms with Crippen LogP contribution in [0.2, 0.25) is 0 Å². The average Bonchev–Trinajstić information content (AvgIpc) is 2.98. The first-order chi connectivity index (χ1) is 9.69. The first-order valence-corrected chi connectivity index (χ1v) is 6.61. The molecule has 1 aromatic heterocycles. The number of ether oxygens (including phenoxy) is 2. The minimum atomic E-state index is -0.317. The van der Waals surface area contributed by atoms with E-state index in [0.717, 1.165) is 0 Å². The number of rotatable bonds is 5. The second-order valence-corrected chi connectivity index (χ2v) is 4.66. The van der Waals surface area contributed by atoms with Crippen molar-refractivity contribution in [2.24, 2.45) is 0 Å². The van der Waals surface area contributed by atoms with Crippen molar-refractivity contribution in [1.82, 2.24) is 14.5 Å². The number of amides is 1. The molecule has 7 nitrogen and oxygen atoms in total. The minimum Gasteiger partial charge on any atom is -0.469 e. The van der Waals surface area contributed by atoms with E-state index in [2.05, 4.69) is 9.72 Å². The van der Waals surface area contributed by atoms with E-state index in [4.69, 9.17) is 4.74 Å². The molecule has 7 heteroatoms. The zero-order valence-corrected chi connectivity index (χ0v) is 11.5. The molecular formula is C13H19N3O4. The van der Waals surface area contributed by atoms with Crippen molar-refractivity contribution in [2.75, 3.05) is 26.8 Å². The van der Waals surface area contributed by atoms with Gasteiger partial charge in [-0.3, -0.25) is 9.59 Å². The molecular weight excluding hydrogens is 262 g/mol. The highest BCUT2D eigenvalue weighted by atomic mass is 16.5. The van der Waals surface area contributed by atoms with Crippen LogP contribution in [0.25, 0.3) is 0 Å². The number of imidazole rings is 1. The lowest BCUT2D eigenvalue weighted by molar-refractivity contribution is -0.150. The van der Waals surface area contributed by atoms with Gasteiger partial charge in [-0.25, -0.2) is 4.98 Å². The Bertz CT molecular complexity index is 446. The van der Waals surface area contributed by atoms with Gasteiger partial charge >= 0.3 is 5.97 Å². The van der Waals surface area contributed by atoms with Gasteiger partial charge in [-0.1, -0.05) is 0 Å². The van der Waals surface area contributed by atoms with Gasteiger partial charge in [-0.15, -0.1) is 0 Å². The number of carbonyl (C=O) groups is 2. The standard InChI is InChI=1S/C13H19N3O4/c1-19-13(18)8-11-9-16(6-7-20-11)12(17)2-4-15-5-3-14-10-15/h3,5,10-11H,2,4,6-9H2,1H3. The number of methoxy groups -OCH3 is 1. The molecule has 0 N–H and O–H groups in total. The molecule has 1 aliphatic rings. The van der Waals surface area contributed by atoms with Crippen LogP contribution in [0.4, 0.5) is 0 Å². The number of carbonyl (C=O) groups excluding carboxylic acids is 2. The number of hydrogen-bond acceptors (Lipinski definition) is 5. The van der Waals surface area contributed by atoms with Gasteiger partial charge in [-0.2, -0.15) is 0 Å². The quantitative estimate of drug-likeness (QED) is 0.714. The fraction of sp³-hybridized carbons (Fsp3) is 0.615. The Morgan fingerprint density at radius 1 is 1.50 bits per heavy atom. The maximum Gasteiger partial charge on any atom is 0.308 e. The van der Waals surface area contributed by atoms with Gasteiger partial charge in [0.05, 0.1) is 32.6 Å². The summed E-state index contributed by atoms with van der Waals surface area (Å²) in [6.45, 7) is 2.08. The van der Waals surface area contributed by atoms with Gasteiger partial charge < -0.3 is 18.9 Å². The van der Waals surface area contributed by atoms with Gasteiger partial charge in [0, 0.05) is 38.4 Å². The summed E-state index contributed by atoms with van der Waals surface area (Å²) in [4.78, 5) is 29.0. The highest BCUT2D eigenvalue weighted by molar-refractivity contribution is 5.76. The summed E-state index contributed by atoms with van der Waals surface area (Å²) in [6.07, 6.45) is 5.53. The predicted octanol–water partition coefficient (Wildman–Crippen LogP) is 0.0637. The Morgan fingerprint density at radius 3 is 3.05 bits per heavy atom. The van der Waals surface area contributed by atoms with Crippen molar-refractivity contribution < 1.29 is 19.1 Å². The summed E-state index contributed by atoms with van der Waals surface area (Å²) in [5.41, 5.74) is 0. The van der Waals surface area contributed by atoms with Crippen molar-refractivity contribution in [3.8, 4) is 0 Å². The van der Waals surface area contributed by atoms with Crippen LogP contribution < -0.4 is 0 Å². The van der Waals surface area contributed by atoms with Crippen LogP contribution >= 0.6 is 0 Å². The molecule has 0 aromatic carbocycles. The fourth-order valence-corrected chi connectivity index (χ4v) is 2.14. The molecule has 0 saturated carbocycles. The van der Waals surface area contributed by atoms with Crippen molar-refractivity contribution in [3.63, 3.8) is 0 Å². The first-order valence-electron chi connectivity index (χ1n) is 6.61. The highest BCUT2D eigenvalue weighted by Gasteiger charge is 2.25. The molecule has 1 atom stereocenters. The largest absolute Gasteiger partial charge is 0.469 e. The molecule has 0 bridgehead atoms. The molecule has 0 spiro atoms. The topological polar surface area (TPSA) is 73.7 Å². The number of aromatic nitrogens is 2. The molecule has 1 amide bonds. The third-order valence-electron chi connectivity index (χ3n) is 3.26.